The minimum atomic E-state index is -2.86. The molecule has 0 aliphatic rings. The number of carbonyl (C=O) groups is 1. The second-order valence-corrected chi connectivity index (χ2v) is 4.40. The summed E-state index contributed by atoms with van der Waals surface area (Å²) in [6.07, 6.45) is 0.173. The van der Waals surface area contributed by atoms with Gasteiger partial charge in [-0.2, -0.15) is 8.78 Å². The molecule has 1 aromatic rings. The number of ketones is 1. The number of alkyl halides is 3. The highest BCUT2D eigenvalue weighted by atomic mass is 79.9. The summed E-state index contributed by atoms with van der Waals surface area (Å²) >= 11 is 6.28. The molecule has 0 radical (unpaired) electrons. The molecule has 0 saturated heterocycles. The van der Waals surface area contributed by atoms with Crippen molar-refractivity contribution in [2.75, 3.05) is 5.33 Å². The number of Topliss-reactive ketones (excluding diaryl/α,β-unsaturated/α-hetero) is 1. The lowest BCUT2D eigenvalue weighted by Crippen LogP contribution is -2.06. The summed E-state index contributed by atoms with van der Waals surface area (Å²) in [6.45, 7) is -2.86. The Labute approximate surface area is 108 Å². The minimum Gasteiger partial charge on any atom is -0.435 e. The number of benzene rings is 1. The molecule has 0 saturated carbocycles. The van der Waals surface area contributed by atoms with E-state index in [1.165, 1.54) is 12.1 Å². The number of hydrogen-bond donors (Lipinski definition) is 0. The van der Waals surface area contributed by atoms with Crippen LogP contribution in [0.5, 0.6) is 5.75 Å². The maximum atomic E-state index is 12.0. The largest absolute Gasteiger partial charge is 0.435 e. The van der Waals surface area contributed by atoms with Crippen molar-refractivity contribution in [2.45, 2.75) is 13.0 Å². The number of halogens is 4. The molecule has 0 unspecified atom stereocenters. The van der Waals surface area contributed by atoms with Gasteiger partial charge in [0.05, 0.1) is 5.33 Å². The highest BCUT2D eigenvalue weighted by Gasteiger charge is 2.09. The Morgan fingerprint density at radius 3 is 2.69 bits per heavy atom. The van der Waals surface area contributed by atoms with Gasteiger partial charge in [-0.1, -0.05) is 31.9 Å². The van der Waals surface area contributed by atoms with E-state index in [2.05, 4.69) is 36.6 Å². The molecule has 0 aliphatic heterocycles. The van der Waals surface area contributed by atoms with Crippen LogP contribution in [0.25, 0.3) is 0 Å². The van der Waals surface area contributed by atoms with Gasteiger partial charge in [0.25, 0.3) is 0 Å². The van der Waals surface area contributed by atoms with Crippen molar-refractivity contribution in [1.29, 1.82) is 0 Å². The molecule has 1 aromatic carbocycles. The molecular formula is C10H8Br2F2O2. The monoisotopic (exact) mass is 356 g/mol. The molecule has 2 nitrogen and oxygen atoms in total. The van der Waals surface area contributed by atoms with Crippen LogP contribution in [-0.2, 0) is 11.2 Å². The third kappa shape index (κ3) is 4.17. The quantitative estimate of drug-likeness (QED) is 0.753. The van der Waals surface area contributed by atoms with Gasteiger partial charge in [-0.25, -0.2) is 0 Å². The predicted molar refractivity (Wildman–Crippen MR) is 63.3 cm³/mol. The van der Waals surface area contributed by atoms with E-state index < -0.39 is 6.61 Å². The fourth-order valence-electron chi connectivity index (χ4n) is 1.12. The molecule has 0 fully saturated rings. The van der Waals surface area contributed by atoms with Crippen molar-refractivity contribution in [2.24, 2.45) is 0 Å². The third-order valence-electron chi connectivity index (χ3n) is 1.78. The average molecular weight is 358 g/mol. The first kappa shape index (κ1) is 13.6. The smallest absolute Gasteiger partial charge is 0.387 e. The van der Waals surface area contributed by atoms with Crippen LogP contribution in [0, 0.1) is 0 Å². The fourth-order valence-corrected chi connectivity index (χ4v) is 1.71. The molecule has 0 N–H and O–H groups in total. The maximum absolute atomic E-state index is 12.0. The van der Waals surface area contributed by atoms with Gasteiger partial charge in [-0.3, -0.25) is 4.79 Å². The van der Waals surface area contributed by atoms with E-state index in [-0.39, 0.29) is 23.3 Å². The van der Waals surface area contributed by atoms with Crippen molar-refractivity contribution in [3.63, 3.8) is 0 Å². The third-order valence-corrected chi connectivity index (χ3v) is 3.18. The molecule has 6 heteroatoms. The minimum absolute atomic E-state index is 0.0325. The zero-order valence-corrected chi connectivity index (χ0v) is 11.2. The van der Waals surface area contributed by atoms with Gasteiger partial charge in [0.1, 0.15) is 11.5 Å². The van der Waals surface area contributed by atoms with E-state index in [9.17, 15) is 13.6 Å². The van der Waals surface area contributed by atoms with E-state index >= 15 is 0 Å². The molecule has 0 bridgehead atoms. The standard InChI is InChI=1S/C10H8Br2F2O2/c11-5-7(15)3-6-4-8(16-10(13)14)1-2-9(6)12/h1-2,4,10H,3,5H2. The topological polar surface area (TPSA) is 26.3 Å². The summed E-state index contributed by atoms with van der Waals surface area (Å²) < 4.78 is 28.9. The summed E-state index contributed by atoms with van der Waals surface area (Å²) in [5, 5.41) is 0.235. The summed E-state index contributed by atoms with van der Waals surface area (Å²) in [5.74, 6) is 0.0190. The lowest BCUT2D eigenvalue weighted by Gasteiger charge is -2.08. The van der Waals surface area contributed by atoms with Crippen LogP contribution in [-0.4, -0.2) is 17.7 Å². The molecule has 88 valence electrons. The van der Waals surface area contributed by atoms with Crippen molar-refractivity contribution in [1.82, 2.24) is 0 Å². The lowest BCUT2D eigenvalue weighted by molar-refractivity contribution is -0.115. The van der Waals surface area contributed by atoms with Crippen LogP contribution in [0.3, 0.4) is 0 Å². The van der Waals surface area contributed by atoms with Crippen molar-refractivity contribution >= 4 is 37.6 Å². The van der Waals surface area contributed by atoms with Crippen LogP contribution in [0.2, 0.25) is 0 Å². The van der Waals surface area contributed by atoms with E-state index in [0.717, 1.165) is 0 Å². The predicted octanol–water partition coefficient (Wildman–Crippen LogP) is 3.56. The van der Waals surface area contributed by atoms with Crippen LogP contribution < -0.4 is 4.74 Å². The van der Waals surface area contributed by atoms with Gasteiger partial charge in [0.2, 0.25) is 0 Å². The molecule has 0 aliphatic carbocycles. The fraction of sp³-hybridized carbons (Fsp3) is 0.300. The Kier molecular flexibility index (Phi) is 5.34. The Balaban J connectivity index is 2.86. The van der Waals surface area contributed by atoms with Crippen LogP contribution in [0.4, 0.5) is 8.78 Å². The summed E-state index contributed by atoms with van der Waals surface area (Å²) in [4.78, 5) is 11.2. The first-order chi connectivity index (χ1) is 7.52. The average Bonchev–Trinajstić information content (AvgIpc) is 2.22. The van der Waals surface area contributed by atoms with Gasteiger partial charge < -0.3 is 4.74 Å². The maximum Gasteiger partial charge on any atom is 0.387 e. The molecule has 0 amide bonds. The first-order valence-corrected chi connectivity index (χ1v) is 6.25. The van der Waals surface area contributed by atoms with Crippen molar-refractivity contribution in [3.05, 3.63) is 28.2 Å². The summed E-state index contributed by atoms with van der Waals surface area (Å²) in [5.41, 5.74) is 0.627. The van der Waals surface area contributed by atoms with Crippen molar-refractivity contribution in [3.8, 4) is 5.75 Å². The molecule has 0 atom stereocenters. The molecule has 0 spiro atoms. The van der Waals surface area contributed by atoms with E-state index in [0.29, 0.717) is 10.0 Å². The Morgan fingerprint density at radius 2 is 2.12 bits per heavy atom. The Morgan fingerprint density at radius 1 is 1.44 bits per heavy atom. The Hall–Kier alpha value is -0.490. The zero-order valence-electron chi connectivity index (χ0n) is 8.05. The van der Waals surface area contributed by atoms with E-state index in [1.54, 1.807) is 6.07 Å². The van der Waals surface area contributed by atoms with Crippen LogP contribution in [0.1, 0.15) is 5.56 Å². The molecule has 16 heavy (non-hydrogen) atoms. The second kappa shape index (κ2) is 6.30. The number of hydrogen-bond acceptors (Lipinski definition) is 2. The summed E-state index contributed by atoms with van der Waals surface area (Å²) in [6, 6.07) is 4.42. The normalized spacial score (nSPS) is 10.6. The van der Waals surface area contributed by atoms with Gasteiger partial charge in [-0.15, -0.1) is 0 Å². The summed E-state index contributed by atoms with van der Waals surface area (Å²) in [7, 11) is 0. The number of ether oxygens (including phenoxy) is 1. The van der Waals surface area contributed by atoms with E-state index in [4.69, 9.17) is 0 Å². The first-order valence-electron chi connectivity index (χ1n) is 4.34. The molecule has 0 aromatic heterocycles. The molecule has 1 rings (SSSR count). The van der Waals surface area contributed by atoms with Gasteiger partial charge in [-0.05, 0) is 23.8 Å². The van der Waals surface area contributed by atoms with Gasteiger partial charge >= 0.3 is 6.61 Å². The highest BCUT2D eigenvalue weighted by Crippen LogP contribution is 2.24. The highest BCUT2D eigenvalue weighted by molar-refractivity contribution is 9.10. The Bertz CT molecular complexity index is 383. The van der Waals surface area contributed by atoms with Gasteiger partial charge in [0.15, 0.2) is 0 Å². The molecular weight excluding hydrogens is 350 g/mol. The van der Waals surface area contributed by atoms with Gasteiger partial charge in [0, 0.05) is 10.9 Å². The van der Waals surface area contributed by atoms with Crippen LogP contribution >= 0.6 is 31.9 Å². The SMILES string of the molecule is O=C(CBr)Cc1cc(OC(F)F)ccc1Br. The number of carbonyl (C=O) groups excluding carboxylic acids is 1. The zero-order chi connectivity index (χ0) is 12.1. The van der Waals surface area contributed by atoms with E-state index in [1.807, 2.05) is 0 Å². The lowest BCUT2D eigenvalue weighted by atomic mass is 10.1. The molecule has 0 heterocycles. The number of rotatable bonds is 5. The van der Waals surface area contributed by atoms with Crippen molar-refractivity contribution < 1.29 is 18.3 Å². The second-order valence-electron chi connectivity index (χ2n) is 2.98. The van der Waals surface area contributed by atoms with Crippen LogP contribution in [0.15, 0.2) is 22.7 Å².